The number of nitrogens with zero attached hydrogens (tertiary/aromatic N) is 2. The van der Waals surface area contributed by atoms with E-state index in [-0.39, 0.29) is 25.3 Å². The third-order valence-electron chi connectivity index (χ3n) is 9.98. The number of hydrogen-bond donors (Lipinski definition) is 3. The first-order valence-electron chi connectivity index (χ1n) is 17.5. The molecular weight excluding hydrogens is 722 g/mol. The number of benzene rings is 2. The summed E-state index contributed by atoms with van der Waals surface area (Å²) in [6, 6.07) is 14.5. The minimum absolute atomic E-state index is 0.0232. The van der Waals surface area contributed by atoms with Gasteiger partial charge in [0.2, 0.25) is 27.7 Å². The number of fused-ring (bicyclic) bond motifs is 1. The summed E-state index contributed by atoms with van der Waals surface area (Å²) in [6.45, 7) is 9.08. The van der Waals surface area contributed by atoms with Crippen LogP contribution in [0.1, 0.15) is 46.5 Å². The topological polar surface area (TPSA) is 173 Å². The van der Waals surface area contributed by atoms with Gasteiger partial charge in [0.05, 0.1) is 30.1 Å². The van der Waals surface area contributed by atoms with Crippen molar-refractivity contribution in [1.82, 2.24) is 25.2 Å². The number of sulfonamides is 1. The van der Waals surface area contributed by atoms with Crippen molar-refractivity contribution in [2.24, 2.45) is 11.3 Å². The fourth-order valence-electron chi connectivity index (χ4n) is 6.75. The molecule has 4 amide bonds. The number of aromatic nitrogens is 1. The molecule has 3 fully saturated rings. The fraction of sp³-hybridized carbons (Fsp3) is 0.447. The molecule has 0 spiro atoms. The van der Waals surface area contributed by atoms with Crippen LogP contribution in [0.15, 0.2) is 67.3 Å². The highest BCUT2D eigenvalue weighted by atomic mass is 35.5. The molecule has 1 saturated heterocycles. The van der Waals surface area contributed by atoms with Crippen molar-refractivity contribution < 1.29 is 37.1 Å². The Balaban J connectivity index is 1.34. The summed E-state index contributed by atoms with van der Waals surface area (Å²) in [5, 5.41) is 5.53. The summed E-state index contributed by atoms with van der Waals surface area (Å²) >= 11 is 5.81. The average molecular weight is 766 g/mol. The SMILES string of the molecule is C=CC1CC1(NC(=O)C1CC(Oc2cc(-c3ccccc3)nc3cc(OC)ccc23)CN1C(=O)C(NC(=O)CCl)C(C)(C)C)C(=O)NS(=O)(=O)C1CC1. The highest BCUT2D eigenvalue weighted by Gasteiger charge is 2.62. The number of pyridine rings is 1. The number of carbonyl (C=O) groups is 4. The van der Waals surface area contributed by atoms with Crippen LogP contribution in [0, 0.1) is 11.3 Å². The number of methoxy groups -OCH3 is 1. The van der Waals surface area contributed by atoms with Gasteiger partial charge in [-0.15, -0.1) is 18.2 Å². The van der Waals surface area contributed by atoms with Gasteiger partial charge in [0.25, 0.3) is 5.91 Å². The Morgan fingerprint density at radius 1 is 1.11 bits per heavy atom. The zero-order chi connectivity index (χ0) is 38.3. The second kappa shape index (κ2) is 14.6. The van der Waals surface area contributed by atoms with E-state index in [1.54, 1.807) is 46.1 Å². The molecule has 2 heterocycles. The molecule has 5 unspecified atom stereocenters. The lowest BCUT2D eigenvalue weighted by Gasteiger charge is -2.35. The number of carbonyl (C=O) groups excluding carboxylic acids is 4. The first-order valence-corrected chi connectivity index (χ1v) is 19.6. The molecular formula is C38H44ClN5O8S. The molecule has 2 aromatic carbocycles. The molecule has 13 nitrogen and oxygen atoms in total. The molecule has 15 heteroatoms. The van der Waals surface area contributed by atoms with Crippen LogP contribution >= 0.6 is 11.6 Å². The highest BCUT2D eigenvalue weighted by Crippen LogP contribution is 2.46. The van der Waals surface area contributed by atoms with E-state index in [0.717, 1.165) is 5.56 Å². The summed E-state index contributed by atoms with van der Waals surface area (Å²) in [7, 11) is -2.34. The molecule has 0 radical (unpaired) electrons. The van der Waals surface area contributed by atoms with Crippen molar-refractivity contribution in [3.63, 3.8) is 0 Å². The summed E-state index contributed by atoms with van der Waals surface area (Å²) < 4.78 is 39.7. The van der Waals surface area contributed by atoms with Gasteiger partial charge in [0, 0.05) is 35.4 Å². The molecule has 282 valence electrons. The number of ether oxygens (including phenoxy) is 2. The predicted octanol–water partition coefficient (Wildman–Crippen LogP) is 3.70. The van der Waals surface area contributed by atoms with Gasteiger partial charge in [0.15, 0.2) is 0 Å². The first kappa shape index (κ1) is 38.0. The van der Waals surface area contributed by atoms with Crippen LogP contribution in [-0.4, -0.2) is 90.4 Å². The van der Waals surface area contributed by atoms with Gasteiger partial charge in [-0.05, 0) is 36.8 Å². The predicted molar refractivity (Wildman–Crippen MR) is 200 cm³/mol. The van der Waals surface area contributed by atoms with Crippen molar-refractivity contribution in [2.45, 2.75) is 75.4 Å². The molecule has 1 aromatic heterocycles. The zero-order valence-electron chi connectivity index (χ0n) is 30.1. The van der Waals surface area contributed by atoms with Crippen LogP contribution in [0.3, 0.4) is 0 Å². The number of halogens is 1. The van der Waals surface area contributed by atoms with E-state index in [1.165, 1.54) is 11.0 Å². The van der Waals surface area contributed by atoms with Gasteiger partial charge in [-0.3, -0.25) is 23.9 Å². The Bertz CT molecular complexity index is 2050. The molecule has 53 heavy (non-hydrogen) atoms. The maximum atomic E-state index is 14.4. The van der Waals surface area contributed by atoms with Crippen LogP contribution in [0.2, 0.25) is 0 Å². The monoisotopic (exact) mass is 765 g/mol. The van der Waals surface area contributed by atoms with Crippen molar-refractivity contribution in [2.75, 3.05) is 19.5 Å². The summed E-state index contributed by atoms with van der Waals surface area (Å²) in [6.07, 6.45) is 1.85. The third-order valence-corrected chi connectivity index (χ3v) is 12.0. The van der Waals surface area contributed by atoms with Crippen LogP contribution in [-0.2, 0) is 29.2 Å². The standard InChI is InChI=1S/C38H44ClN5O8S/c1-6-23-19-38(23,36(48)43-53(49,50)26-13-14-26)42-34(46)30-17-25(21-44(30)35(47)33(37(2,3)4)41-32(45)20-39)52-31-18-28(22-10-8-7-9-11-22)40-29-16-24(51-5)12-15-27(29)31/h6-12,15-16,18,23,25-26,30,33H,1,13-14,17,19-21H2,2-5H3,(H,41,45)(H,42,46)(H,43,48). The van der Waals surface area contributed by atoms with Gasteiger partial charge < -0.3 is 25.0 Å². The Labute approximate surface area is 313 Å². The van der Waals surface area contributed by atoms with Crippen LogP contribution in [0.25, 0.3) is 22.2 Å². The second-order valence-corrected chi connectivity index (χ2v) is 17.1. The number of hydrogen-bond acceptors (Lipinski definition) is 9. The quantitative estimate of drug-likeness (QED) is 0.173. The van der Waals surface area contributed by atoms with Gasteiger partial charge in [-0.2, -0.15) is 0 Å². The van der Waals surface area contributed by atoms with E-state index in [0.29, 0.717) is 40.9 Å². The maximum absolute atomic E-state index is 14.4. The summed E-state index contributed by atoms with van der Waals surface area (Å²) in [4.78, 5) is 60.9. The van der Waals surface area contributed by atoms with E-state index in [4.69, 9.17) is 26.1 Å². The summed E-state index contributed by atoms with van der Waals surface area (Å²) in [5.41, 5.74) is -0.256. The van der Waals surface area contributed by atoms with Crippen molar-refractivity contribution in [1.29, 1.82) is 0 Å². The largest absolute Gasteiger partial charge is 0.497 e. The van der Waals surface area contributed by atoms with E-state index >= 15 is 0 Å². The smallest absolute Gasteiger partial charge is 0.259 e. The number of alkyl halides is 1. The second-order valence-electron chi connectivity index (χ2n) is 14.9. The van der Waals surface area contributed by atoms with Crippen molar-refractivity contribution in [3.05, 3.63) is 67.3 Å². The van der Waals surface area contributed by atoms with E-state index in [2.05, 4.69) is 21.9 Å². The molecule has 3 aromatic rings. The lowest BCUT2D eigenvalue weighted by atomic mass is 9.85. The average Bonchev–Trinajstić information content (AvgIpc) is 4.06. The number of rotatable bonds is 13. The van der Waals surface area contributed by atoms with E-state index in [9.17, 15) is 27.6 Å². The fourth-order valence-corrected chi connectivity index (χ4v) is 8.19. The van der Waals surface area contributed by atoms with Gasteiger partial charge >= 0.3 is 0 Å². The molecule has 2 aliphatic carbocycles. The highest BCUT2D eigenvalue weighted by molar-refractivity contribution is 7.91. The van der Waals surface area contributed by atoms with E-state index < -0.39 is 74.0 Å². The molecule has 6 rings (SSSR count). The number of likely N-dealkylation sites (tertiary alicyclic amines) is 1. The minimum atomic E-state index is -3.91. The number of nitrogens with one attached hydrogen (secondary N) is 3. The summed E-state index contributed by atoms with van der Waals surface area (Å²) in [5.74, 6) is -2.44. The lowest BCUT2D eigenvalue weighted by molar-refractivity contribution is -0.144. The Hall–Kier alpha value is -4.69. The molecule has 0 bridgehead atoms. The molecule has 3 aliphatic rings. The van der Waals surface area contributed by atoms with Gasteiger partial charge in [0.1, 0.15) is 41.1 Å². The van der Waals surface area contributed by atoms with Crippen molar-refractivity contribution in [3.8, 4) is 22.8 Å². The molecule has 3 N–H and O–H groups in total. The molecule has 5 atom stereocenters. The lowest BCUT2D eigenvalue weighted by Crippen LogP contribution is -2.60. The number of amides is 4. The van der Waals surface area contributed by atoms with Crippen LogP contribution in [0.4, 0.5) is 0 Å². The van der Waals surface area contributed by atoms with Crippen molar-refractivity contribution >= 4 is 56.2 Å². The van der Waals surface area contributed by atoms with Crippen LogP contribution < -0.4 is 24.8 Å². The van der Waals surface area contributed by atoms with Crippen LogP contribution in [0.5, 0.6) is 11.5 Å². The molecule has 2 saturated carbocycles. The zero-order valence-corrected chi connectivity index (χ0v) is 31.6. The Morgan fingerprint density at radius 2 is 1.83 bits per heavy atom. The normalized spacial score (nSPS) is 23.1. The Kier molecular flexibility index (Phi) is 10.5. The minimum Gasteiger partial charge on any atom is -0.497 e. The molecule has 1 aliphatic heterocycles. The first-order chi connectivity index (χ1) is 25.1. The van der Waals surface area contributed by atoms with Gasteiger partial charge in [-0.1, -0.05) is 57.2 Å². The Morgan fingerprint density at radius 3 is 2.43 bits per heavy atom. The van der Waals surface area contributed by atoms with E-state index in [1.807, 2.05) is 36.4 Å². The maximum Gasteiger partial charge on any atom is 0.259 e. The third kappa shape index (κ3) is 7.98. The van der Waals surface area contributed by atoms with Gasteiger partial charge in [-0.25, -0.2) is 13.4 Å².